The Balaban J connectivity index is 1.94. The first-order valence-corrected chi connectivity index (χ1v) is 8.63. The lowest BCUT2D eigenvalue weighted by Crippen LogP contribution is -2.12. The molecule has 22 heavy (non-hydrogen) atoms. The Hall–Kier alpha value is -1.94. The summed E-state index contributed by atoms with van der Waals surface area (Å²) in [5.74, 6) is 0.596. The minimum Gasteiger partial charge on any atom is -0.475 e. The molecule has 4 heteroatoms. The van der Waals surface area contributed by atoms with Gasteiger partial charge >= 0.3 is 0 Å². The molecule has 0 aliphatic carbocycles. The summed E-state index contributed by atoms with van der Waals surface area (Å²) in [6, 6.07) is 17.8. The smallest absolute Gasteiger partial charge is 0.218 e. The minimum absolute atomic E-state index is 0.0109. The molecule has 0 radical (unpaired) electrons. The fraction of sp³-hybridized carbons (Fsp3) is 0.278. The summed E-state index contributed by atoms with van der Waals surface area (Å²) >= 11 is 0. The highest BCUT2D eigenvalue weighted by Gasteiger charge is 2.25. The molecule has 0 fully saturated rings. The lowest BCUT2D eigenvalue weighted by molar-refractivity contribution is 0.319. The van der Waals surface area contributed by atoms with Crippen LogP contribution in [0.25, 0.3) is 0 Å². The molecule has 3 nitrogen and oxygen atoms in total. The minimum atomic E-state index is -1.06. The monoisotopic (exact) mass is 313 g/mol. The zero-order valence-corrected chi connectivity index (χ0v) is 13.5. The maximum absolute atomic E-state index is 12.5. The average Bonchev–Trinajstić information content (AvgIpc) is 3.05. The predicted octanol–water partition coefficient (Wildman–Crippen LogP) is 3.72. The van der Waals surface area contributed by atoms with E-state index in [4.69, 9.17) is 9.73 Å². The summed E-state index contributed by atoms with van der Waals surface area (Å²) in [4.78, 5) is 5.49. The fourth-order valence-electron chi connectivity index (χ4n) is 2.44. The van der Waals surface area contributed by atoms with Crippen molar-refractivity contribution in [2.75, 3.05) is 6.61 Å². The second-order valence-electron chi connectivity index (χ2n) is 5.51. The highest BCUT2D eigenvalue weighted by molar-refractivity contribution is 7.85. The van der Waals surface area contributed by atoms with Crippen LogP contribution in [0.1, 0.15) is 31.0 Å². The van der Waals surface area contributed by atoms with E-state index < -0.39 is 10.8 Å². The zero-order valence-electron chi connectivity index (χ0n) is 12.7. The zero-order chi connectivity index (χ0) is 15.5. The van der Waals surface area contributed by atoms with Gasteiger partial charge in [0.15, 0.2) is 0 Å². The van der Waals surface area contributed by atoms with Crippen molar-refractivity contribution in [3.8, 4) is 0 Å². The Bertz CT molecular complexity index is 710. The molecule has 3 rings (SSSR count). The van der Waals surface area contributed by atoms with Crippen molar-refractivity contribution in [2.24, 2.45) is 4.99 Å². The molecule has 0 N–H and O–H groups in total. The van der Waals surface area contributed by atoms with Crippen LogP contribution in [-0.4, -0.2) is 22.0 Å². The topological polar surface area (TPSA) is 38.7 Å². The van der Waals surface area contributed by atoms with Gasteiger partial charge in [-0.25, -0.2) is 4.99 Å². The Labute approximate surface area is 133 Å². The van der Waals surface area contributed by atoms with Crippen molar-refractivity contribution in [1.29, 1.82) is 0 Å². The molecule has 1 heterocycles. The molecule has 0 saturated heterocycles. The highest BCUT2D eigenvalue weighted by atomic mass is 32.2. The van der Waals surface area contributed by atoms with Crippen molar-refractivity contribution in [2.45, 2.75) is 30.0 Å². The van der Waals surface area contributed by atoms with Gasteiger partial charge in [-0.2, -0.15) is 0 Å². The molecular formula is C18H19NO2S. The molecule has 0 saturated carbocycles. The standard InChI is InChI=1S/C18H19NO2S/c1-13(2)22(20)17-11-7-6-10-15(17)18-19-16(12-21-18)14-8-4-3-5-9-14/h3-11,13,16H,12H2,1-2H3/t16-,22?/m0/s1. The molecule has 2 aromatic carbocycles. The van der Waals surface area contributed by atoms with E-state index in [1.165, 1.54) is 0 Å². The van der Waals surface area contributed by atoms with Gasteiger partial charge in [0.2, 0.25) is 5.90 Å². The summed E-state index contributed by atoms with van der Waals surface area (Å²) in [7, 11) is -1.06. The van der Waals surface area contributed by atoms with Gasteiger partial charge in [0.25, 0.3) is 0 Å². The second kappa shape index (κ2) is 6.44. The van der Waals surface area contributed by atoms with Crippen LogP contribution < -0.4 is 0 Å². The van der Waals surface area contributed by atoms with Crippen molar-refractivity contribution in [3.63, 3.8) is 0 Å². The van der Waals surface area contributed by atoms with Crippen LogP contribution in [0.3, 0.4) is 0 Å². The number of benzene rings is 2. The molecule has 114 valence electrons. The first-order valence-electron chi connectivity index (χ1n) is 7.42. The molecule has 0 spiro atoms. The molecule has 0 bridgehead atoms. The summed E-state index contributed by atoms with van der Waals surface area (Å²) in [6.45, 7) is 4.44. The van der Waals surface area contributed by atoms with Crippen molar-refractivity contribution < 1.29 is 8.95 Å². The normalized spacial score (nSPS) is 18.9. The first-order chi connectivity index (χ1) is 10.7. The lowest BCUT2D eigenvalue weighted by atomic mass is 10.1. The van der Waals surface area contributed by atoms with E-state index in [1.54, 1.807) is 0 Å². The van der Waals surface area contributed by atoms with Crippen LogP contribution in [0, 0.1) is 0 Å². The number of hydrogen-bond donors (Lipinski definition) is 0. The third kappa shape index (κ3) is 2.97. The van der Waals surface area contributed by atoms with E-state index in [2.05, 4.69) is 12.1 Å². The summed E-state index contributed by atoms with van der Waals surface area (Å²) in [5, 5.41) is 0.0630. The fourth-order valence-corrected chi connectivity index (χ4v) is 3.53. The Morgan fingerprint density at radius 2 is 1.77 bits per heavy atom. The lowest BCUT2D eigenvalue weighted by Gasteiger charge is -2.10. The van der Waals surface area contributed by atoms with Gasteiger partial charge in [-0.1, -0.05) is 56.3 Å². The van der Waals surface area contributed by atoms with Gasteiger partial charge in [0.05, 0.1) is 21.3 Å². The van der Waals surface area contributed by atoms with Crippen LogP contribution in [0.15, 0.2) is 64.5 Å². The Kier molecular flexibility index (Phi) is 4.39. The number of nitrogens with zero attached hydrogens (tertiary/aromatic N) is 1. The predicted molar refractivity (Wildman–Crippen MR) is 89.7 cm³/mol. The quantitative estimate of drug-likeness (QED) is 0.863. The number of rotatable bonds is 4. The third-order valence-electron chi connectivity index (χ3n) is 3.60. The van der Waals surface area contributed by atoms with Crippen LogP contribution in [0.5, 0.6) is 0 Å². The summed E-state index contributed by atoms with van der Waals surface area (Å²) < 4.78 is 18.3. The highest BCUT2D eigenvalue weighted by Crippen LogP contribution is 2.27. The molecule has 0 amide bonds. The van der Waals surface area contributed by atoms with E-state index in [-0.39, 0.29) is 11.3 Å². The summed E-state index contributed by atoms with van der Waals surface area (Å²) in [5.41, 5.74) is 1.98. The van der Waals surface area contributed by atoms with Crippen molar-refractivity contribution >= 4 is 16.7 Å². The van der Waals surface area contributed by atoms with Crippen LogP contribution in [0.2, 0.25) is 0 Å². The SMILES string of the molecule is CC(C)S(=O)c1ccccc1C1=N[C@H](c2ccccc2)CO1. The van der Waals surface area contributed by atoms with Crippen molar-refractivity contribution in [3.05, 3.63) is 65.7 Å². The maximum atomic E-state index is 12.5. The van der Waals surface area contributed by atoms with E-state index in [0.29, 0.717) is 12.5 Å². The van der Waals surface area contributed by atoms with Crippen LogP contribution in [0.4, 0.5) is 0 Å². The van der Waals surface area contributed by atoms with Gasteiger partial charge in [-0.15, -0.1) is 0 Å². The van der Waals surface area contributed by atoms with Crippen molar-refractivity contribution in [1.82, 2.24) is 0 Å². The number of aliphatic imine (C=N–C) groups is 1. The van der Waals surface area contributed by atoms with Crippen LogP contribution in [-0.2, 0) is 15.5 Å². The maximum Gasteiger partial charge on any atom is 0.218 e. The number of hydrogen-bond acceptors (Lipinski definition) is 3. The number of ether oxygens (including phenoxy) is 1. The molecule has 0 aromatic heterocycles. The van der Waals surface area contributed by atoms with E-state index in [0.717, 1.165) is 16.0 Å². The molecule has 1 aliphatic rings. The van der Waals surface area contributed by atoms with E-state index >= 15 is 0 Å². The first kappa shape index (κ1) is 15.0. The third-order valence-corrected chi connectivity index (χ3v) is 5.24. The van der Waals surface area contributed by atoms with E-state index in [9.17, 15) is 4.21 Å². The van der Waals surface area contributed by atoms with Gasteiger partial charge in [0.1, 0.15) is 12.6 Å². The van der Waals surface area contributed by atoms with E-state index in [1.807, 2.05) is 56.3 Å². The van der Waals surface area contributed by atoms with Gasteiger partial charge in [-0.05, 0) is 17.7 Å². The second-order valence-corrected chi connectivity index (χ2v) is 7.49. The molecular weight excluding hydrogens is 294 g/mol. The molecule has 2 aromatic rings. The Morgan fingerprint density at radius 1 is 1.09 bits per heavy atom. The van der Waals surface area contributed by atoms with Gasteiger partial charge in [0, 0.05) is 5.25 Å². The van der Waals surface area contributed by atoms with Gasteiger partial charge < -0.3 is 4.74 Å². The average molecular weight is 313 g/mol. The largest absolute Gasteiger partial charge is 0.475 e. The van der Waals surface area contributed by atoms with Crippen LogP contribution >= 0.6 is 0 Å². The molecule has 1 unspecified atom stereocenters. The molecule has 2 atom stereocenters. The summed E-state index contributed by atoms with van der Waals surface area (Å²) in [6.07, 6.45) is 0. The van der Waals surface area contributed by atoms with Gasteiger partial charge in [-0.3, -0.25) is 4.21 Å². The Morgan fingerprint density at radius 3 is 2.50 bits per heavy atom. The molecule has 1 aliphatic heterocycles.